The van der Waals surface area contributed by atoms with Gasteiger partial charge in [-0.05, 0) is 18.2 Å². The average molecular weight is 360 g/mol. The van der Waals surface area contributed by atoms with Crippen LogP contribution in [0.3, 0.4) is 0 Å². The van der Waals surface area contributed by atoms with Crippen molar-refractivity contribution in [2.75, 3.05) is 26.2 Å². The van der Waals surface area contributed by atoms with Gasteiger partial charge in [-0.15, -0.1) is 0 Å². The SMILES string of the molecule is O=C(c1ccoc1)N1CCN(Cc2nc3ccccc3n2C(F)F)CC1. The lowest BCUT2D eigenvalue weighted by atomic mass is 10.2. The lowest BCUT2D eigenvalue weighted by molar-refractivity contribution is 0.0573. The van der Waals surface area contributed by atoms with Gasteiger partial charge in [0.25, 0.3) is 5.91 Å². The van der Waals surface area contributed by atoms with E-state index in [9.17, 15) is 13.6 Å². The van der Waals surface area contributed by atoms with Crippen LogP contribution in [0.5, 0.6) is 0 Å². The number of carbonyl (C=O) groups excluding carboxylic acids is 1. The Bertz CT molecular complexity index is 899. The summed E-state index contributed by atoms with van der Waals surface area (Å²) in [4.78, 5) is 20.5. The summed E-state index contributed by atoms with van der Waals surface area (Å²) in [6, 6.07) is 8.54. The Kier molecular flexibility index (Phi) is 4.42. The maximum atomic E-state index is 13.5. The monoisotopic (exact) mass is 360 g/mol. The fraction of sp³-hybridized carbons (Fsp3) is 0.333. The van der Waals surface area contributed by atoms with Crippen molar-refractivity contribution in [2.45, 2.75) is 13.1 Å². The number of fused-ring (bicyclic) bond motifs is 1. The molecule has 0 bridgehead atoms. The second kappa shape index (κ2) is 6.87. The lowest BCUT2D eigenvalue weighted by Gasteiger charge is -2.34. The molecule has 0 unspecified atom stereocenters. The molecule has 136 valence electrons. The van der Waals surface area contributed by atoms with E-state index in [-0.39, 0.29) is 5.91 Å². The predicted octanol–water partition coefficient (Wildman–Crippen LogP) is 2.98. The average Bonchev–Trinajstić information content (AvgIpc) is 3.29. The molecule has 6 nitrogen and oxygen atoms in total. The molecule has 1 saturated heterocycles. The Balaban J connectivity index is 1.46. The van der Waals surface area contributed by atoms with Gasteiger partial charge < -0.3 is 9.32 Å². The molecule has 0 saturated carbocycles. The largest absolute Gasteiger partial charge is 0.472 e. The number of rotatable bonds is 4. The second-order valence-electron chi connectivity index (χ2n) is 6.24. The number of amides is 1. The molecule has 2 aromatic heterocycles. The number of alkyl halides is 2. The summed E-state index contributed by atoms with van der Waals surface area (Å²) in [6.45, 7) is -0.0159. The molecule has 1 fully saturated rings. The van der Waals surface area contributed by atoms with Crippen molar-refractivity contribution >= 4 is 16.9 Å². The first kappa shape index (κ1) is 16.7. The van der Waals surface area contributed by atoms with E-state index >= 15 is 0 Å². The van der Waals surface area contributed by atoms with Crippen LogP contribution in [0.15, 0.2) is 47.3 Å². The molecule has 0 aliphatic carbocycles. The van der Waals surface area contributed by atoms with Gasteiger partial charge in [0, 0.05) is 26.2 Å². The number of halogens is 2. The quantitative estimate of drug-likeness (QED) is 0.718. The molecule has 1 amide bonds. The molecule has 3 heterocycles. The Hall–Kier alpha value is -2.74. The molecule has 1 aliphatic rings. The summed E-state index contributed by atoms with van der Waals surface area (Å²) in [5, 5.41) is 0. The normalized spacial score (nSPS) is 15.9. The van der Waals surface area contributed by atoms with E-state index in [1.165, 1.54) is 12.5 Å². The first-order chi connectivity index (χ1) is 12.6. The second-order valence-corrected chi connectivity index (χ2v) is 6.24. The molecule has 1 aliphatic heterocycles. The zero-order valence-electron chi connectivity index (χ0n) is 14.0. The van der Waals surface area contributed by atoms with Crippen LogP contribution in [0.2, 0.25) is 0 Å². The van der Waals surface area contributed by atoms with Crippen molar-refractivity contribution in [1.82, 2.24) is 19.4 Å². The number of para-hydroxylation sites is 2. The summed E-state index contributed by atoms with van der Waals surface area (Å²) < 4.78 is 33.0. The third-order valence-corrected chi connectivity index (χ3v) is 4.66. The molecular weight excluding hydrogens is 342 g/mol. The number of hydrogen-bond acceptors (Lipinski definition) is 4. The van der Waals surface area contributed by atoms with Crippen LogP contribution < -0.4 is 0 Å². The minimum atomic E-state index is -2.64. The third-order valence-electron chi connectivity index (χ3n) is 4.66. The van der Waals surface area contributed by atoms with E-state index in [0.29, 0.717) is 55.1 Å². The van der Waals surface area contributed by atoms with E-state index in [4.69, 9.17) is 4.42 Å². The minimum absolute atomic E-state index is 0.0711. The van der Waals surface area contributed by atoms with Crippen LogP contribution in [-0.4, -0.2) is 51.4 Å². The molecule has 4 rings (SSSR count). The Labute approximate surface area is 148 Å². The van der Waals surface area contributed by atoms with Gasteiger partial charge in [0.2, 0.25) is 0 Å². The van der Waals surface area contributed by atoms with E-state index in [2.05, 4.69) is 4.98 Å². The van der Waals surface area contributed by atoms with Crippen LogP contribution in [0.4, 0.5) is 8.78 Å². The molecule has 8 heteroatoms. The maximum absolute atomic E-state index is 13.5. The van der Waals surface area contributed by atoms with Crippen LogP contribution in [0, 0.1) is 0 Å². The van der Waals surface area contributed by atoms with Crippen LogP contribution in [-0.2, 0) is 6.54 Å². The third kappa shape index (κ3) is 3.08. The van der Waals surface area contributed by atoms with Crippen molar-refractivity contribution in [3.05, 3.63) is 54.2 Å². The molecule has 1 aromatic carbocycles. The highest BCUT2D eigenvalue weighted by atomic mass is 19.3. The van der Waals surface area contributed by atoms with Gasteiger partial charge in [0.15, 0.2) is 0 Å². The van der Waals surface area contributed by atoms with E-state index < -0.39 is 6.55 Å². The van der Waals surface area contributed by atoms with Gasteiger partial charge in [0.05, 0.1) is 29.4 Å². The van der Waals surface area contributed by atoms with E-state index in [1.807, 2.05) is 4.90 Å². The fourth-order valence-corrected chi connectivity index (χ4v) is 3.30. The highest BCUT2D eigenvalue weighted by Gasteiger charge is 2.25. The summed E-state index contributed by atoms with van der Waals surface area (Å²) in [6.07, 6.45) is 2.90. The Morgan fingerprint density at radius 1 is 1.15 bits per heavy atom. The van der Waals surface area contributed by atoms with Gasteiger partial charge in [0.1, 0.15) is 12.1 Å². The lowest BCUT2D eigenvalue weighted by Crippen LogP contribution is -2.48. The van der Waals surface area contributed by atoms with E-state index in [0.717, 1.165) is 4.57 Å². The minimum Gasteiger partial charge on any atom is -0.472 e. The summed E-state index contributed by atoms with van der Waals surface area (Å²) in [7, 11) is 0. The topological polar surface area (TPSA) is 54.5 Å². The standard InChI is InChI=1S/C18H18F2N4O2/c19-18(20)24-15-4-2-1-3-14(15)21-16(24)11-22-6-8-23(9-7-22)17(25)13-5-10-26-12-13/h1-5,10,12,18H,6-9,11H2. The van der Waals surface area contributed by atoms with Gasteiger partial charge in [-0.2, -0.15) is 8.78 Å². The van der Waals surface area contributed by atoms with Crippen LogP contribution in [0.25, 0.3) is 11.0 Å². The smallest absolute Gasteiger partial charge is 0.320 e. The highest BCUT2D eigenvalue weighted by Crippen LogP contribution is 2.24. The summed E-state index contributed by atoms with van der Waals surface area (Å²) in [5.74, 6) is 0.272. The number of hydrogen-bond donors (Lipinski definition) is 0. The van der Waals surface area contributed by atoms with Gasteiger partial charge >= 0.3 is 6.55 Å². The Morgan fingerprint density at radius 3 is 2.62 bits per heavy atom. The zero-order chi connectivity index (χ0) is 18.1. The van der Waals surface area contributed by atoms with Crippen molar-refractivity contribution in [3.8, 4) is 0 Å². The molecule has 3 aromatic rings. The molecule has 0 radical (unpaired) electrons. The van der Waals surface area contributed by atoms with Gasteiger partial charge in [-0.3, -0.25) is 14.3 Å². The first-order valence-electron chi connectivity index (χ1n) is 8.41. The Morgan fingerprint density at radius 2 is 1.92 bits per heavy atom. The van der Waals surface area contributed by atoms with Crippen molar-refractivity contribution < 1.29 is 18.0 Å². The number of nitrogens with zero attached hydrogens (tertiary/aromatic N) is 4. The highest BCUT2D eigenvalue weighted by molar-refractivity contribution is 5.93. The van der Waals surface area contributed by atoms with Crippen LogP contribution >= 0.6 is 0 Å². The van der Waals surface area contributed by atoms with Crippen molar-refractivity contribution in [3.63, 3.8) is 0 Å². The zero-order valence-corrected chi connectivity index (χ0v) is 14.0. The van der Waals surface area contributed by atoms with Crippen molar-refractivity contribution in [2.24, 2.45) is 0 Å². The van der Waals surface area contributed by atoms with Crippen LogP contribution in [0.1, 0.15) is 22.7 Å². The fourth-order valence-electron chi connectivity index (χ4n) is 3.30. The van der Waals surface area contributed by atoms with Gasteiger partial charge in [-0.25, -0.2) is 4.98 Å². The van der Waals surface area contributed by atoms with E-state index in [1.54, 1.807) is 35.2 Å². The molecule has 0 atom stereocenters. The number of imidazole rings is 1. The molecular formula is C18H18F2N4O2. The number of benzene rings is 1. The number of carbonyl (C=O) groups is 1. The predicted molar refractivity (Wildman–Crippen MR) is 90.9 cm³/mol. The summed E-state index contributed by atoms with van der Waals surface area (Å²) in [5.41, 5.74) is 1.53. The maximum Gasteiger partial charge on any atom is 0.320 e. The van der Waals surface area contributed by atoms with Gasteiger partial charge in [-0.1, -0.05) is 12.1 Å². The molecule has 0 spiro atoms. The number of aromatic nitrogens is 2. The number of piperazine rings is 1. The number of furan rings is 1. The summed E-state index contributed by atoms with van der Waals surface area (Å²) >= 11 is 0. The first-order valence-corrected chi connectivity index (χ1v) is 8.41. The van der Waals surface area contributed by atoms with Crippen molar-refractivity contribution in [1.29, 1.82) is 0 Å². The molecule has 0 N–H and O–H groups in total. The molecule has 26 heavy (non-hydrogen) atoms.